The number of ether oxygens (including phenoxy) is 3. The molecule has 0 heterocycles. The maximum atomic E-state index is 12.9. The largest absolute Gasteiger partial charge is 0.490 e. The van der Waals surface area contributed by atoms with Crippen molar-refractivity contribution in [3.8, 4) is 17.2 Å². The molecule has 8 nitrogen and oxygen atoms in total. The molecule has 0 fully saturated rings. The predicted molar refractivity (Wildman–Crippen MR) is 134 cm³/mol. The van der Waals surface area contributed by atoms with E-state index < -0.39 is 5.91 Å². The minimum Gasteiger partial charge on any atom is -0.490 e. The van der Waals surface area contributed by atoms with Crippen molar-refractivity contribution in [2.45, 2.75) is 34.1 Å². The molecule has 0 saturated carbocycles. The van der Waals surface area contributed by atoms with E-state index in [4.69, 9.17) is 38.0 Å². The summed E-state index contributed by atoms with van der Waals surface area (Å²) in [5, 5.41) is 8.65. The van der Waals surface area contributed by atoms with Gasteiger partial charge in [0.15, 0.2) is 16.6 Å². The van der Waals surface area contributed by atoms with Gasteiger partial charge in [-0.1, -0.05) is 18.5 Å². The molecule has 0 aromatic heterocycles. The minimum absolute atomic E-state index is 0.0330. The Balaban J connectivity index is 2.21. The van der Waals surface area contributed by atoms with Gasteiger partial charge < -0.3 is 24.8 Å². The second-order valence-electron chi connectivity index (χ2n) is 6.61. The Morgan fingerprint density at radius 2 is 1.52 bits per heavy atom. The van der Waals surface area contributed by atoms with Crippen LogP contribution < -0.4 is 30.2 Å². The van der Waals surface area contributed by atoms with E-state index in [1.54, 1.807) is 37.3 Å². The zero-order chi connectivity index (χ0) is 24.4. The molecule has 10 heteroatoms. The van der Waals surface area contributed by atoms with Crippen molar-refractivity contribution in [1.82, 2.24) is 5.32 Å². The number of rotatable bonds is 10. The monoisotopic (exact) mass is 493 g/mol. The smallest absolute Gasteiger partial charge is 0.257 e. The predicted octanol–water partition coefficient (Wildman–Crippen LogP) is 5.01. The Hall–Kier alpha value is -3.04. The minimum atomic E-state index is -0.469. The molecular weight excluding hydrogens is 466 g/mol. The number of anilines is 2. The topological polar surface area (TPSA) is 97.9 Å². The lowest BCUT2D eigenvalue weighted by molar-refractivity contribution is -0.115. The number of halogens is 1. The number of nitrogens with one attached hydrogen (secondary N) is 3. The number of hydrogen-bond acceptors (Lipinski definition) is 6. The Morgan fingerprint density at radius 3 is 2.06 bits per heavy atom. The van der Waals surface area contributed by atoms with Gasteiger partial charge in [0.2, 0.25) is 11.7 Å². The van der Waals surface area contributed by atoms with Gasteiger partial charge >= 0.3 is 0 Å². The van der Waals surface area contributed by atoms with Crippen molar-refractivity contribution in [2.75, 3.05) is 30.5 Å². The number of benzene rings is 2. The van der Waals surface area contributed by atoms with E-state index in [-0.39, 0.29) is 16.6 Å². The van der Waals surface area contributed by atoms with Gasteiger partial charge in [-0.2, -0.15) is 0 Å². The van der Waals surface area contributed by atoms with Crippen LogP contribution in [0.25, 0.3) is 0 Å². The molecule has 3 N–H and O–H groups in total. The Kier molecular flexibility index (Phi) is 10.2. The molecule has 0 bridgehead atoms. The van der Waals surface area contributed by atoms with Crippen molar-refractivity contribution >= 4 is 52.1 Å². The molecule has 178 valence electrons. The molecular formula is C23H28ClN3O5S. The molecule has 2 amide bonds. The fourth-order valence-corrected chi connectivity index (χ4v) is 3.16. The lowest BCUT2D eigenvalue weighted by atomic mass is 10.1. The highest BCUT2D eigenvalue weighted by Gasteiger charge is 2.19. The van der Waals surface area contributed by atoms with Gasteiger partial charge in [0.05, 0.1) is 30.5 Å². The van der Waals surface area contributed by atoms with Crippen LogP contribution in [0.1, 0.15) is 44.5 Å². The Labute approximate surface area is 203 Å². The average Bonchev–Trinajstić information content (AvgIpc) is 2.78. The van der Waals surface area contributed by atoms with Gasteiger partial charge in [0.1, 0.15) is 0 Å². The first-order chi connectivity index (χ1) is 15.8. The van der Waals surface area contributed by atoms with Gasteiger partial charge in [0.25, 0.3) is 5.91 Å². The van der Waals surface area contributed by atoms with E-state index in [0.717, 1.165) is 0 Å². The van der Waals surface area contributed by atoms with Crippen LogP contribution >= 0.6 is 23.8 Å². The second kappa shape index (κ2) is 12.9. The number of carbonyl (C=O) groups is 2. The molecule has 0 radical (unpaired) electrons. The van der Waals surface area contributed by atoms with E-state index in [0.29, 0.717) is 59.9 Å². The molecule has 0 unspecified atom stereocenters. The van der Waals surface area contributed by atoms with Crippen LogP contribution in [-0.4, -0.2) is 36.7 Å². The van der Waals surface area contributed by atoms with Crippen molar-refractivity contribution in [1.29, 1.82) is 0 Å². The van der Waals surface area contributed by atoms with Crippen molar-refractivity contribution in [2.24, 2.45) is 0 Å². The van der Waals surface area contributed by atoms with Crippen LogP contribution in [0.4, 0.5) is 11.4 Å². The summed E-state index contributed by atoms with van der Waals surface area (Å²) in [6.07, 6.45) is 0.343. The lowest BCUT2D eigenvalue weighted by Crippen LogP contribution is -2.34. The summed E-state index contributed by atoms with van der Waals surface area (Å²) >= 11 is 11.5. The number of amides is 2. The summed E-state index contributed by atoms with van der Waals surface area (Å²) in [6, 6.07) is 8.07. The van der Waals surface area contributed by atoms with E-state index in [9.17, 15) is 9.59 Å². The molecule has 2 aromatic rings. The van der Waals surface area contributed by atoms with Crippen LogP contribution in [-0.2, 0) is 4.79 Å². The molecule has 0 saturated heterocycles. The van der Waals surface area contributed by atoms with Crippen molar-refractivity contribution in [3.63, 3.8) is 0 Å². The first-order valence-electron chi connectivity index (χ1n) is 10.6. The zero-order valence-corrected chi connectivity index (χ0v) is 20.6. The molecule has 0 atom stereocenters. The molecule has 33 heavy (non-hydrogen) atoms. The average molecular weight is 494 g/mol. The molecule has 0 aliphatic carbocycles. The molecule has 0 aliphatic heterocycles. The summed E-state index contributed by atoms with van der Waals surface area (Å²) < 4.78 is 17.0. The second-order valence-corrected chi connectivity index (χ2v) is 7.42. The highest BCUT2D eigenvalue weighted by Crippen LogP contribution is 2.39. The third-order valence-electron chi connectivity index (χ3n) is 4.22. The third kappa shape index (κ3) is 7.50. The maximum absolute atomic E-state index is 12.9. The summed E-state index contributed by atoms with van der Waals surface area (Å²) in [6.45, 7) is 8.47. The van der Waals surface area contributed by atoms with Crippen molar-refractivity contribution < 1.29 is 23.8 Å². The lowest BCUT2D eigenvalue weighted by Gasteiger charge is -2.17. The Morgan fingerprint density at radius 1 is 0.909 bits per heavy atom. The Bertz CT molecular complexity index is 989. The fraction of sp³-hybridized carbons (Fsp3) is 0.348. The van der Waals surface area contributed by atoms with E-state index in [2.05, 4.69) is 16.0 Å². The van der Waals surface area contributed by atoms with Gasteiger partial charge in [-0.3, -0.25) is 14.9 Å². The standard InChI is InChI=1S/C23H28ClN3O5S/c1-5-20(28)25-15-9-10-16(24)17(13-15)26-23(33)27-22(29)14-11-18(30-6-2)21(32-8-4)19(12-14)31-7-3/h9-13H,5-8H2,1-4H3,(H,25,28)(H2,26,27,29,33). The van der Waals surface area contributed by atoms with E-state index >= 15 is 0 Å². The first-order valence-corrected chi connectivity index (χ1v) is 11.4. The van der Waals surface area contributed by atoms with Gasteiger partial charge in [-0.05, 0) is 63.3 Å². The highest BCUT2D eigenvalue weighted by atomic mass is 35.5. The highest BCUT2D eigenvalue weighted by molar-refractivity contribution is 7.80. The molecule has 2 rings (SSSR count). The van der Waals surface area contributed by atoms with Gasteiger partial charge in [-0.25, -0.2) is 0 Å². The van der Waals surface area contributed by atoms with Crippen LogP contribution in [0.2, 0.25) is 5.02 Å². The van der Waals surface area contributed by atoms with E-state index in [1.807, 2.05) is 20.8 Å². The number of thiocarbonyl (C=S) groups is 1. The van der Waals surface area contributed by atoms with E-state index in [1.165, 1.54) is 0 Å². The van der Waals surface area contributed by atoms with Crippen LogP contribution in [0.5, 0.6) is 17.2 Å². The summed E-state index contributed by atoms with van der Waals surface area (Å²) in [5.41, 5.74) is 1.27. The maximum Gasteiger partial charge on any atom is 0.257 e. The number of hydrogen-bond donors (Lipinski definition) is 3. The summed E-state index contributed by atoms with van der Waals surface area (Å²) in [7, 11) is 0. The zero-order valence-electron chi connectivity index (χ0n) is 19.0. The summed E-state index contributed by atoms with van der Waals surface area (Å²) in [5.74, 6) is 0.638. The third-order valence-corrected chi connectivity index (χ3v) is 4.75. The quantitative estimate of drug-likeness (QED) is 0.400. The van der Waals surface area contributed by atoms with Crippen LogP contribution in [0.15, 0.2) is 30.3 Å². The summed E-state index contributed by atoms with van der Waals surface area (Å²) in [4.78, 5) is 24.5. The molecule has 0 spiro atoms. The fourth-order valence-electron chi connectivity index (χ4n) is 2.80. The SMILES string of the molecule is CCOc1cc(C(=O)NC(=S)Nc2cc(NC(=O)CC)ccc2Cl)cc(OCC)c1OCC. The van der Waals surface area contributed by atoms with Crippen molar-refractivity contribution in [3.05, 3.63) is 40.9 Å². The van der Waals surface area contributed by atoms with Crippen LogP contribution in [0.3, 0.4) is 0 Å². The number of carbonyl (C=O) groups excluding carboxylic acids is 2. The van der Waals surface area contributed by atoms with Gasteiger partial charge in [0, 0.05) is 17.7 Å². The van der Waals surface area contributed by atoms with Gasteiger partial charge in [-0.15, -0.1) is 0 Å². The van der Waals surface area contributed by atoms with Crippen LogP contribution in [0, 0.1) is 0 Å². The first kappa shape index (κ1) is 26.2. The molecule has 2 aromatic carbocycles. The normalized spacial score (nSPS) is 10.2. The molecule has 0 aliphatic rings.